The van der Waals surface area contributed by atoms with Crippen molar-refractivity contribution in [3.63, 3.8) is 0 Å². The Balaban J connectivity index is 2.24. The molecule has 4 nitrogen and oxygen atoms in total. The highest BCUT2D eigenvalue weighted by Gasteiger charge is 2.11. The van der Waals surface area contributed by atoms with Crippen LogP contribution in [0.1, 0.15) is 38.4 Å². The Morgan fingerprint density at radius 2 is 2.10 bits per heavy atom. The van der Waals surface area contributed by atoms with Gasteiger partial charge in [-0.25, -0.2) is 4.39 Å². The van der Waals surface area contributed by atoms with Gasteiger partial charge in [-0.15, -0.1) is 0 Å². The number of hydrogen-bond acceptors (Lipinski definition) is 3. The standard InChI is InChI=1S/C15H23FN2O2/c1-3-11(2)18-15(20)8-9-17-10-14(19)12-6-4-5-7-13(12)16/h4-7,11,14,17,19H,3,8-10H2,1-2H3,(H,18,20). The van der Waals surface area contributed by atoms with Gasteiger partial charge in [0.15, 0.2) is 0 Å². The first-order valence-corrected chi connectivity index (χ1v) is 6.97. The van der Waals surface area contributed by atoms with Crippen molar-refractivity contribution < 1.29 is 14.3 Å². The summed E-state index contributed by atoms with van der Waals surface area (Å²) in [6, 6.07) is 6.31. The van der Waals surface area contributed by atoms with Gasteiger partial charge in [0.05, 0.1) is 6.10 Å². The van der Waals surface area contributed by atoms with Crippen LogP contribution in [-0.2, 0) is 4.79 Å². The van der Waals surface area contributed by atoms with Crippen LogP contribution in [0.2, 0.25) is 0 Å². The summed E-state index contributed by atoms with van der Waals surface area (Å²) in [4.78, 5) is 11.5. The maximum atomic E-state index is 13.4. The van der Waals surface area contributed by atoms with Crippen LogP contribution in [0.5, 0.6) is 0 Å². The highest BCUT2D eigenvalue weighted by atomic mass is 19.1. The maximum Gasteiger partial charge on any atom is 0.221 e. The van der Waals surface area contributed by atoms with E-state index in [-0.39, 0.29) is 24.1 Å². The van der Waals surface area contributed by atoms with E-state index in [0.29, 0.717) is 13.0 Å². The number of aliphatic hydroxyl groups is 1. The average molecular weight is 282 g/mol. The summed E-state index contributed by atoms with van der Waals surface area (Å²) in [6.07, 6.45) is 0.327. The van der Waals surface area contributed by atoms with Gasteiger partial charge in [-0.05, 0) is 19.4 Å². The Morgan fingerprint density at radius 1 is 1.40 bits per heavy atom. The van der Waals surface area contributed by atoms with Crippen LogP contribution in [0.3, 0.4) is 0 Å². The fourth-order valence-electron chi connectivity index (χ4n) is 1.75. The van der Waals surface area contributed by atoms with E-state index in [9.17, 15) is 14.3 Å². The lowest BCUT2D eigenvalue weighted by molar-refractivity contribution is -0.121. The van der Waals surface area contributed by atoms with Gasteiger partial charge in [0, 0.05) is 31.1 Å². The number of halogens is 1. The third-order valence-electron chi connectivity index (χ3n) is 3.15. The molecule has 1 aromatic rings. The zero-order valence-electron chi connectivity index (χ0n) is 12.0. The van der Waals surface area contributed by atoms with Crippen molar-refractivity contribution in [1.82, 2.24) is 10.6 Å². The first-order chi connectivity index (χ1) is 9.54. The number of aliphatic hydroxyl groups excluding tert-OH is 1. The summed E-state index contributed by atoms with van der Waals surface area (Å²) in [5, 5.41) is 15.7. The second-order valence-corrected chi connectivity index (χ2v) is 4.87. The van der Waals surface area contributed by atoms with E-state index in [0.717, 1.165) is 6.42 Å². The molecule has 0 fully saturated rings. The molecule has 20 heavy (non-hydrogen) atoms. The molecule has 1 rings (SSSR count). The van der Waals surface area contributed by atoms with Crippen molar-refractivity contribution in [2.24, 2.45) is 0 Å². The molecule has 0 spiro atoms. The van der Waals surface area contributed by atoms with Crippen molar-refractivity contribution in [3.8, 4) is 0 Å². The van der Waals surface area contributed by atoms with Gasteiger partial charge in [-0.3, -0.25) is 4.79 Å². The van der Waals surface area contributed by atoms with Crippen LogP contribution >= 0.6 is 0 Å². The maximum absolute atomic E-state index is 13.4. The van der Waals surface area contributed by atoms with Crippen LogP contribution in [0, 0.1) is 5.82 Å². The molecule has 0 aliphatic heterocycles. The number of hydrogen-bond donors (Lipinski definition) is 3. The van der Waals surface area contributed by atoms with Gasteiger partial charge < -0.3 is 15.7 Å². The van der Waals surface area contributed by atoms with Crippen LogP contribution in [0.15, 0.2) is 24.3 Å². The normalized spacial score (nSPS) is 13.8. The Labute approximate surface area is 119 Å². The molecular formula is C15H23FN2O2. The van der Waals surface area contributed by atoms with Crippen molar-refractivity contribution in [1.29, 1.82) is 0 Å². The molecule has 0 aliphatic rings. The number of nitrogens with one attached hydrogen (secondary N) is 2. The summed E-state index contributed by atoms with van der Waals surface area (Å²) in [7, 11) is 0. The van der Waals surface area contributed by atoms with E-state index in [2.05, 4.69) is 10.6 Å². The fraction of sp³-hybridized carbons (Fsp3) is 0.533. The fourth-order valence-corrected chi connectivity index (χ4v) is 1.75. The van der Waals surface area contributed by atoms with Gasteiger partial charge in [0.2, 0.25) is 5.91 Å². The predicted molar refractivity (Wildman–Crippen MR) is 76.7 cm³/mol. The highest BCUT2D eigenvalue weighted by molar-refractivity contribution is 5.76. The summed E-state index contributed by atoms with van der Waals surface area (Å²) in [5.74, 6) is -0.441. The molecular weight excluding hydrogens is 259 g/mol. The monoisotopic (exact) mass is 282 g/mol. The van der Waals surface area contributed by atoms with E-state index < -0.39 is 11.9 Å². The highest BCUT2D eigenvalue weighted by Crippen LogP contribution is 2.15. The summed E-state index contributed by atoms with van der Waals surface area (Å²) < 4.78 is 13.4. The number of carbonyl (C=O) groups is 1. The van der Waals surface area contributed by atoms with Gasteiger partial charge >= 0.3 is 0 Å². The summed E-state index contributed by atoms with van der Waals surface area (Å²) in [6.45, 7) is 4.63. The molecule has 0 heterocycles. The first-order valence-electron chi connectivity index (χ1n) is 6.97. The molecule has 5 heteroatoms. The number of rotatable bonds is 8. The van der Waals surface area contributed by atoms with Crippen LogP contribution in [0.4, 0.5) is 4.39 Å². The molecule has 0 bridgehead atoms. The number of benzene rings is 1. The molecule has 2 atom stereocenters. The molecule has 0 saturated carbocycles. The Hall–Kier alpha value is -1.46. The quantitative estimate of drug-likeness (QED) is 0.637. The van der Waals surface area contributed by atoms with E-state index in [1.807, 2.05) is 13.8 Å². The average Bonchev–Trinajstić information content (AvgIpc) is 2.43. The number of amides is 1. The minimum Gasteiger partial charge on any atom is -0.387 e. The van der Waals surface area contributed by atoms with Crippen LogP contribution in [-0.4, -0.2) is 30.1 Å². The van der Waals surface area contributed by atoms with E-state index >= 15 is 0 Å². The van der Waals surface area contributed by atoms with Crippen molar-refractivity contribution >= 4 is 5.91 Å². The largest absolute Gasteiger partial charge is 0.387 e. The zero-order chi connectivity index (χ0) is 15.0. The van der Waals surface area contributed by atoms with E-state index in [1.165, 1.54) is 6.07 Å². The van der Waals surface area contributed by atoms with Crippen molar-refractivity contribution in [2.45, 2.75) is 38.8 Å². The smallest absolute Gasteiger partial charge is 0.221 e. The predicted octanol–water partition coefficient (Wildman–Crippen LogP) is 1.75. The Morgan fingerprint density at radius 3 is 2.75 bits per heavy atom. The summed E-state index contributed by atoms with van der Waals surface area (Å²) in [5.41, 5.74) is 0.268. The zero-order valence-corrected chi connectivity index (χ0v) is 12.0. The lowest BCUT2D eigenvalue weighted by atomic mass is 10.1. The van der Waals surface area contributed by atoms with Gasteiger partial charge in [-0.1, -0.05) is 25.1 Å². The molecule has 0 saturated heterocycles. The topological polar surface area (TPSA) is 61.4 Å². The number of carbonyl (C=O) groups excluding carboxylic acids is 1. The second kappa shape index (κ2) is 8.66. The summed E-state index contributed by atoms with van der Waals surface area (Å²) >= 11 is 0. The van der Waals surface area contributed by atoms with E-state index in [1.54, 1.807) is 18.2 Å². The lowest BCUT2D eigenvalue weighted by Gasteiger charge is -2.14. The molecule has 112 valence electrons. The molecule has 2 unspecified atom stereocenters. The SMILES string of the molecule is CCC(C)NC(=O)CCNCC(O)c1ccccc1F. The van der Waals surface area contributed by atoms with Crippen molar-refractivity contribution in [2.75, 3.05) is 13.1 Å². The van der Waals surface area contributed by atoms with Crippen LogP contribution < -0.4 is 10.6 Å². The van der Waals surface area contributed by atoms with Gasteiger partial charge in [0.25, 0.3) is 0 Å². The molecule has 3 N–H and O–H groups in total. The Bertz CT molecular complexity index is 426. The molecule has 1 amide bonds. The molecule has 1 aromatic carbocycles. The third kappa shape index (κ3) is 5.67. The van der Waals surface area contributed by atoms with Crippen molar-refractivity contribution in [3.05, 3.63) is 35.6 Å². The molecule has 0 aromatic heterocycles. The molecule has 0 aliphatic carbocycles. The Kier molecular flexibility index (Phi) is 7.18. The second-order valence-electron chi connectivity index (χ2n) is 4.87. The van der Waals surface area contributed by atoms with Gasteiger partial charge in [0.1, 0.15) is 5.82 Å². The third-order valence-corrected chi connectivity index (χ3v) is 3.15. The lowest BCUT2D eigenvalue weighted by Crippen LogP contribution is -2.34. The van der Waals surface area contributed by atoms with Crippen LogP contribution in [0.25, 0.3) is 0 Å². The van der Waals surface area contributed by atoms with E-state index in [4.69, 9.17) is 0 Å². The minimum atomic E-state index is -0.908. The first kappa shape index (κ1) is 16.6. The minimum absolute atomic E-state index is 0.0211. The molecule has 0 radical (unpaired) electrons. The van der Waals surface area contributed by atoms with Gasteiger partial charge in [-0.2, -0.15) is 0 Å².